The summed E-state index contributed by atoms with van der Waals surface area (Å²) >= 11 is 3.38. The number of carbonyl (C=O) groups excluding carboxylic acids is 1. The van der Waals surface area contributed by atoms with Gasteiger partial charge in [-0.15, -0.1) is 0 Å². The molecule has 6 heteroatoms. The number of nitrogen functional groups attached to an aromatic ring is 1. The number of anilines is 1. The van der Waals surface area contributed by atoms with Crippen LogP contribution in [0.15, 0.2) is 40.9 Å². The molecule has 0 spiro atoms. The van der Waals surface area contributed by atoms with E-state index in [1.54, 1.807) is 7.05 Å². The Hall–Kier alpha value is -1.95. The predicted molar refractivity (Wildman–Crippen MR) is 80.7 cm³/mol. The molecule has 110 valence electrons. The van der Waals surface area contributed by atoms with Gasteiger partial charge in [0.2, 0.25) is 0 Å². The van der Waals surface area contributed by atoms with Crippen molar-refractivity contribution < 1.29 is 13.6 Å². The Morgan fingerprint density at radius 3 is 2.57 bits per heavy atom. The van der Waals surface area contributed by atoms with E-state index in [1.807, 2.05) is 24.3 Å². The van der Waals surface area contributed by atoms with Crippen molar-refractivity contribution in [3.63, 3.8) is 0 Å². The van der Waals surface area contributed by atoms with Crippen LogP contribution in [0.5, 0.6) is 0 Å². The number of nitrogens with zero attached hydrogens (tertiary/aromatic N) is 1. The van der Waals surface area contributed by atoms with Gasteiger partial charge in [0, 0.05) is 24.1 Å². The van der Waals surface area contributed by atoms with Crippen LogP contribution in [0.4, 0.5) is 14.5 Å². The number of carbonyl (C=O) groups is 1. The van der Waals surface area contributed by atoms with E-state index in [2.05, 4.69) is 15.9 Å². The van der Waals surface area contributed by atoms with Crippen LogP contribution in [0.25, 0.3) is 0 Å². The number of benzene rings is 2. The summed E-state index contributed by atoms with van der Waals surface area (Å²) in [7, 11) is 1.54. The Balaban J connectivity index is 2.24. The number of amides is 1. The van der Waals surface area contributed by atoms with Gasteiger partial charge in [0.25, 0.3) is 5.91 Å². The van der Waals surface area contributed by atoms with Crippen molar-refractivity contribution in [3.05, 3.63) is 63.6 Å². The van der Waals surface area contributed by atoms with E-state index in [0.29, 0.717) is 6.07 Å². The number of hydrogen-bond donors (Lipinski definition) is 1. The predicted octanol–water partition coefficient (Wildman–Crippen LogP) is 3.58. The monoisotopic (exact) mass is 354 g/mol. The topological polar surface area (TPSA) is 46.3 Å². The largest absolute Gasteiger partial charge is 0.396 e. The average Bonchev–Trinajstić information content (AvgIpc) is 2.44. The van der Waals surface area contributed by atoms with Crippen LogP contribution in [0.2, 0.25) is 0 Å². The van der Waals surface area contributed by atoms with Crippen LogP contribution >= 0.6 is 15.9 Å². The minimum absolute atomic E-state index is 0.247. The molecule has 3 nitrogen and oxygen atoms in total. The molecule has 2 rings (SSSR count). The fourth-order valence-corrected chi connectivity index (χ4v) is 2.30. The Bertz CT molecular complexity index is 691. The molecule has 0 heterocycles. The van der Waals surface area contributed by atoms with E-state index < -0.39 is 17.5 Å². The summed E-state index contributed by atoms with van der Waals surface area (Å²) in [6.45, 7) is 0.289. The number of halogens is 3. The quantitative estimate of drug-likeness (QED) is 0.856. The summed E-state index contributed by atoms with van der Waals surface area (Å²) in [4.78, 5) is 13.6. The van der Waals surface area contributed by atoms with Crippen LogP contribution < -0.4 is 5.73 Å². The number of nitrogens with two attached hydrogens (primary N) is 1. The summed E-state index contributed by atoms with van der Waals surface area (Å²) < 4.78 is 27.7. The van der Waals surface area contributed by atoms with Gasteiger partial charge in [-0.2, -0.15) is 0 Å². The van der Waals surface area contributed by atoms with Crippen molar-refractivity contribution in [2.45, 2.75) is 6.54 Å². The van der Waals surface area contributed by atoms with Gasteiger partial charge in [0.1, 0.15) is 11.6 Å². The first-order valence-corrected chi connectivity index (χ1v) is 6.93. The molecule has 0 aliphatic rings. The first kappa shape index (κ1) is 15.4. The van der Waals surface area contributed by atoms with Crippen molar-refractivity contribution in [2.24, 2.45) is 0 Å². The highest BCUT2D eigenvalue weighted by molar-refractivity contribution is 9.10. The second-order valence-corrected chi connectivity index (χ2v) is 5.46. The average molecular weight is 355 g/mol. The van der Waals surface area contributed by atoms with Crippen molar-refractivity contribution in [1.82, 2.24) is 4.90 Å². The van der Waals surface area contributed by atoms with Gasteiger partial charge in [-0.25, -0.2) is 8.78 Å². The molecule has 0 radical (unpaired) electrons. The van der Waals surface area contributed by atoms with Crippen molar-refractivity contribution >= 4 is 27.5 Å². The highest BCUT2D eigenvalue weighted by Crippen LogP contribution is 2.21. The van der Waals surface area contributed by atoms with E-state index in [0.717, 1.165) is 16.1 Å². The molecule has 1 amide bonds. The molecule has 2 aromatic carbocycles. The SMILES string of the molecule is CN(Cc1ccccc1Br)C(=O)c1cc(N)c(F)cc1F. The normalized spacial score (nSPS) is 10.5. The van der Waals surface area contributed by atoms with Gasteiger partial charge in [-0.05, 0) is 17.7 Å². The second-order valence-electron chi connectivity index (χ2n) is 4.61. The molecular weight excluding hydrogens is 342 g/mol. The van der Waals surface area contributed by atoms with E-state index in [1.165, 1.54) is 4.90 Å². The molecule has 0 unspecified atom stereocenters. The highest BCUT2D eigenvalue weighted by atomic mass is 79.9. The molecule has 0 aromatic heterocycles. The molecule has 0 aliphatic carbocycles. The van der Waals surface area contributed by atoms with Crippen LogP contribution in [-0.4, -0.2) is 17.9 Å². The first-order chi connectivity index (χ1) is 9.90. The number of rotatable bonds is 3. The second kappa shape index (κ2) is 6.22. The lowest BCUT2D eigenvalue weighted by Gasteiger charge is -2.18. The zero-order valence-electron chi connectivity index (χ0n) is 11.2. The Kier molecular flexibility index (Phi) is 4.57. The van der Waals surface area contributed by atoms with E-state index in [-0.39, 0.29) is 17.8 Å². The van der Waals surface area contributed by atoms with Crippen LogP contribution in [0.3, 0.4) is 0 Å². The Labute approximate surface area is 129 Å². The third kappa shape index (κ3) is 3.39. The fraction of sp³-hybridized carbons (Fsp3) is 0.133. The van der Waals surface area contributed by atoms with Crippen LogP contribution in [0, 0.1) is 11.6 Å². The van der Waals surface area contributed by atoms with E-state index in [9.17, 15) is 13.6 Å². The fourth-order valence-electron chi connectivity index (χ4n) is 1.89. The smallest absolute Gasteiger partial charge is 0.256 e. The highest BCUT2D eigenvalue weighted by Gasteiger charge is 2.19. The standard InChI is InChI=1S/C15H13BrF2N2O/c1-20(8-9-4-2-3-5-11(9)16)15(21)10-6-14(19)13(18)7-12(10)17/h2-7H,8,19H2,1H3. The van der Waals surface area contributed by atoms with E-state index >= 15 is 0 Å². The van der Waals surface area contributed by atoms with Gasteiger partial charge in [-0.3, -0.25) is 4.79 Å². The summed E-state index contributed by atoms with van der Waals surface area (Å²) in [6.07, 6.45) is 0. The summed E-state index contributed by atoms with van der Waals surface area (Å²) in [5.74, 6) is -2.36. The number of hydrogen-bond acceptors (Lipinski definition) is 2. The molecule has 2 aromatic rings. The maximum Gasteiger partial charge on any atom is 0.256 e. The third-order valence-electron chi connectivity index (χ3n) is 3.03. The zero-order chi connectivity index (χ0) is 15.6. The molecular formula is C15H13BrF2N2O. The lowest BCUT2D eigenvalue weighted by Crippen LogP contribution is -2.27. The van der Waals surface area contributed by atoms with E-state index in [4.69, 9.17) is 5.73 Å². The van der Waals surface area contributed by atoms with Gasteiger partial charge in [0.05, 0.1) is 11.3 Å². The van der Waals surface area contributed by atoms with Crippen molar-refractivity contribution in [3.8, 4) is 0 Å². The Morgan fingerprint density at radius 1 is 1.24 bits per heavy atom. The molecule has 0 saturated heterocycles. The zero-order valence-corrected chi connectivity index (χ0v) is 12.8. The minimum atomic E-state index is -0.925. The molecule has 0 atom stereocenters. The molecule has 21 heavy (non-hydrogen) atoms. The van der Waals surface area contributed by atoms with Crippen LogP contribution in [0.1, 0.15) is 15.9 Å². The Morgan fingerprint density at radius 2 is 1.90 bits per heavy atom. The third-order valence-corrected chi connectivity index (χ3v) is 3.80. The lowest BCUT2D eigenvalue weighted by atomic mass is 10.1. The molecule has 2 N–H and O–H groups in total. The summed E-state index contributed by atoms with van der Waals surface area (Å²) in [5.41, 5.74) is 5.76. The van der Waals surface area contributed by atoms with Crippen molar-refractivity contribution in [2.75, 3.05) is 12.8 Å². The maximum absolute atomic E-state index is 13.7. The van der Waals surface area contributed by atoms with Gasteiger partial charge < -0.3 is 10.6 Å². The molecule has 0 saturated carbocycles. The van der Waals surface area contributed by atoms with Crippen molar-refractivity contribution in [1.29, 1.82) is 0 Å². The molecule has 0 bridgehead atoms. The van der Waals surface area contributed by atoms with Gasteiger partial charge in [-0.1, -0.05) is 34.1 Å². The van der Waals surface area contributed by atoms with Crippen LogP contribution in [-0.2, 0) is 6.54 Å². The van der Waals surface area contributed by atoms with Gasteiger partial charge in [0.15, 0.2) is 0 Å². The lowest BCUT2D eigenvalue weighted by molar-refractivity contribution is 0.0780. The molecule has 0 aliphatic heterocycles. The summed E-state index contributed by atoms with van der Waals surface area (Å²) in [6, 6.07) is 9.04. The van der Waals surface area contributed by atoms with Gasteiger partial charge >= 0.3 is 0 Å². The summed E-state index contributed by atoms with van der Waals surface area (Å²) in [5, 5.41) is 0. The first-order valence-electron chi connectivity index (χ1n) is 6.13. The maximum atomic E-state index is 13.7. The minimum Gasteiger partial charge on any atom is -0.396 e. The molecule has 0 fully saturated rings.